The molecule has 1 aromatic rings. The minimum absolute atomic E-state index is 0.0180. The standard InChI is InChI=1S/C18H29N5O2/c1-5-12(3)16-18(25)23-8-7-21(11-15(23)17(24)19-16)9-14-10-22(6-2)20-13(14)4/h10,12,15-16H,5-9,11H2,1-4H3,(H,19,24)/t12-,15+,16-/m0/s1. The maximum atomic E-state index is 12.7. The van der Waals surface area contributed by atoms with Crippen LogP contribution in [-0.4, -0.2) is 63.1 Å². The molecular weight excluding hydrogens is 318 g/mol. The van der Waals surface area contributed by atoms with Gasteiger partial charge in [-0.15, -0.1) is 0 Å². The molecule has 3 atom stereocenters. The maximum Gasteiger partial charge on any atom is 0.246 e. The van der Waals surface area contributed by atoms with E-state index in [0.29, 0.717) is 13.1 Å². The van der Waals surface area contributed by atoms with Gasteiger partial charge in [0, 0.05) is 44.5 Å². The third kappa shape index (κ3) is 3.42. The predicted octanol–water partition coefficient (Wildman–Crippen LogP) is 0.769. The van der Waals surface area contributed by atoms with E-state index in [0.717, 1.165) is 31.7 Å². The van der Waals surface area contributed by atoms with Crippen molar-refractivity contribution in [2.24, 2.45) is 5.92 Å². The summed E-state index contributed by atoms with van der Waals surface area (Å²) in [6.07, 6.45) is 2.95. The lowest BCUT2D eigenvalue weighted by atomic mass is 9.93. The van der Waals surface area contributed by atoms with Gasteiger partial charge in [0.1, 0.15) is 12.1 Å². The van der Waals surface area contributed by atoms with Crippen LogP contribution < -0.4 is 5.32 Å². The Bertz CT molecular complexity index is 656. The first-order chi connectivity index (χ1) is 11.9. The van der Waals surface area contributed by atoms with E-state index in [2.05, 4.69) is 28.4 Å². The van der Waals surface area contributed by atoms with Crippen molar-refractivity contribution in [1.29, 1.82) is 0 Å². The van der Waals surface area contributed by atoms with Crippen LogP contribution in [0.25, 0.3) is 0 Å². The van der Waals surface area contributed by atoms with Gasteiger partial charge in [-0.25, -0.2) is 0 Å². The Labute approximate surface area is 149 Å². The van der Waals surface area contributed by atoms with E-state index in [1.54, 1.807) is 4.90 Å². The van der Waals surface area contributed by atoms with Crippen molar-refractivity contribution in [3.63, 3.8) is 0 Å². The molecule has 0 unspecified atom stereocenters. The molecule has 0 spiro atoms. The molecule has 1 aromatic heterocycles. The van der Waals surface area contributed by atoms with Crippen LogP contribution in [0.2, 0.25) is 0 Å². The molecule has 2 fully saturated rings. The summed E-state index contributed by atoms with van der Waals surface area (Å²) in [4.78, 5) is 29.4. The summed E-state index contributed by atoms with van der Waals surface area (Å²) in [5, 5.41) is 7.44. The Kier molecular flexibility index (Phi) is 5.13. The lowest BCUT2D eigenvalue weighted by Gasteiger charge is -2.46. The second kappa shape index (κ2) is 7.15. The first-order valence-corrected chi connectivity index (χ1v) is 9.30. The zero-order valence-electron chi connectivity index (χ0n) is 15.7. The zero-order valence-corrected chi connectivity index (χ0v) is 15.7. The number of nitrogens with zero attached hydrogens (tertiary/aromatic N) is 4. The highest BCUT2D eigenvalue weighted by atomic mass is 16.2. The minimum atomic E-state index is -0.372. The summed E-state index contributed by atoms with van der Waals surface area (Å²) in [5.41, 5.74) is 2.22. The Morgan fingerprint density at radius 3 is 2.72 bits per heavy atom. The molecule has 2 aliphatic heterocycles. The molecule has 2 saturated heterocycles. The van der Waals surface area contributed by atoms with E-state index in [-0.39, 0.29) is 29.8 Å². The number of amides is 2. The van der Waals surface area contributed by atoms with Gasteiger partial charge in [-0.1, -0.05) is 20.3 Å². The van der Waals surface area contributed by atoms with Crippen molar-refractivity contribution >= 4 is 11.8 Å². The SMILES string of the molecule is CC[C@H](C)[C@@H]1NC(=O)[C@H]2CN(Cc3cn(CC)nc3C)CCN2C1=O. The van der Waals surface area contributed by atoms with Crippen LogP contribution in [0.1, 0.15) is 38.4 Å². The number of hydrogen-bond acceptors (Lipinski definition) is 4. The van der Waals surface area contributed by atoms with E-state index >= 15 is 0 Å². The quantitative estimate of drug-likeness (QED) is 0.854. The number of carbonyl (C=O) groups is 2. The highest BCUT2D eigenvalue weighted by Crippen LogP contribution is 2.22. The van der Waals surface area contributed by atoms with Crippen LogP contribution in [-0.2, 0) is 22.7 Å². The van der Waals surface area contributed by atoms with E-state index < -0.39 is 0 Å². The first-order valence-electron chi connectivity index (χ1n) is 9.30. The molecule has 0 aliphatic carbocycles. The molecule has 2 aliphatic rings. The number of hydrogen-bond donors (Lipinski definition) is 1. The fourth-order valence-corrected chi connectivity index (χ4v) is 3.70. The molecule has 138 valence electrons. The van der Waals surface area contributed by atoms with Crippen molar-refractivity contribution in [1.82, 2.24) is 24.9 Å². The third-order valence-corrected chi connectivity index (χ3v) is 5.59. The fourth-order valence-electron chi connectivity index (χ4n) is 3.70. The maximum absolute atomic E-state index is 12.7. The smallest absolute Gasteiger partial charge is 0.246 e. The zero-order chi connectivity index (χ0) is 18.1. The van der Waals surface area contributed by atoms with Crippen LogP contribution in [0.3, 0.4) is 0 Å². The lowest BCUT2D eigenvalue weighted by molar-refractivity contribution is -0.154. The highest BCUT2D eigenvalue weighted by molar-refractivity contribution is 5.97. The molecular formula is C18H29N5O2. The molecule has 3 rings (SSSR count). The Balaban J connectivity index is 1.68. The molecule has 0 radical (unpaired) electrons. The van der Waals surface area contributed by atoms with E-state index in [4.69, 9.17) is 0 Å². The molecule has 1 N–H and O–H groups in total. The van der Waals surface area contributed by atoms with Crippen molar-refractivity contribution in [2.45, 2.75) is 59.3 Å². The number of carbonyl (C=O) groups excluding carboxylic acids is 2. The number of nitrogens with one attached hydrogen (secondary N) is 1. The van der Waals surface area contributed by atoms with Crippen LogP contribution in [0.5, 0.6) is 0 Å². The average Bonchev–Trinajstić information content (AvgIpc) is 2.97. The average molecular weight is 347 g/mol. The topological polar surface area (TPSA) is 70.5 Å². The van der Waals surface area contributed by atoms with Gasteiger partial charge in [-0.05, 0) is 19.8 Å². The molecule has 3 heterocycles. The Hall–Kier alpha value is -1.89. The molecule has 0 aromatic carbocycles. The fraction of sp³-hybridized carbons (Fsp3) is 0.722. The Morgan fingerprint density at radius 2 is 2.08 bits per heavy atom. The molecule has 2 amide bonds. The minimum Gasteiger partial charge on any atom is -0.342 e. The van der Waals surface area contributed by atoms with Crippen molar-refractivity contribution in [3.05, 3.63) is 17.5 Å². The number of rotatable bonds is 5. The highest BCUT2D eigenvalue weighted by Gasteiger charge is 2.44. The molecule has 7 nitrogen and oxygen atoms in total. The number of piperazine rings is 2. The van der Waals surface area contributed by atoms with E-state index in [1.807, 2.05) is 25.5 Å². The summed E-state index contributed by atoms with van der Waals surface area (Å²) in [6, 6.07) is -0.742. The number of aromatic nitrogens is 2. The van der Waals surface area contributed by atoms with Gasteiger partial charge in [0.2, 0.25) is 11.8 Å². The van der Waals surface area contributed by atoms with Crippen LogP contribution in [0, 0.1) is 12.8 Å². The summed E-state index contributed by atoms with van der Waals surface area (Å²) in [7, 11) is 0. The van der Waals surface area contributed by atoms with Gasteiger partial charge < -0.3 is 10.2 Å². The molecule has 25 heavy (non-hydrogen) atoms. The Morgan fingerprint density at radius 1 is 1.32 bits per heavy atom. The van der Waals surface area contributed by atoms with Gasteiger partial charge in [0.15, 0.2) is 0 Å². The predicted molar refractivity (Wildman–Crippen MR) is 94.8 cm³/mol. The van der Waals surface area contributed by atoms with Gasteiger partial charge in [-0.2, -0.15) is 5.10 Å². The number of aryl methyl sites for hydroxylation is 2. The van der Waals surface area contributed by atoms with Crippen LogP contribution >= 0.6 is 0 Å². The van der Waals surface area contributed by atoms with Crippen molar-refractivity contribution < 1.29 is 9.59 Å². The summed E-state index contributed by atoms with van der Waals surface area (Å²) in [5.74, 6) is 0.224. The molecule has 0 bridgehead atoms. The van der Waals surface area contributed by atoms with Gasteiger partial charge in [-0.3, -0.25) is 19.2 Å². The van der Waals surface area contributed by atoms with Gasteiger partial charge >= 0.3 is 0 Å². The van der Waals surface area contributed by atoms with Crippen LogP contribution in [0.15, 0.2) is 6.20 Å². The number of fused-ring (bicyclic) bond motifs is 1. The summed E-state index contributed by atoms with van der Waals surface area (Å²) >= 11 is 0. The lowest BCUT2D eigenvalue weighted by Crippen LogP contribution is -2.70. The van der Waals surface area contributed by atoms with Crippen molar-refractivity contribution in [2.75, 3.05) is 19.6 Å². The normalized spacial score (nSPS) is 25.7. The second-order valence-electron chi connectivity index (χ2n) is 7.25. The molecule has 7 heteroatoms. The summed E-state index contributed by atoms with van der Waals surface area (Å²) < 4.78 is 1.94. The first kappa shape index (κ1) is 17.9. The van der Waals surface area contributed by atoms with E-state index in [1.165, 1.54) is 5.56 Å². The molecule has 0 saturated carbocycles. The van der Waals surface area contributed by atoms with Gasteiger partial charge in [0.05, 0.1) is 5.69 Å². The monoisotopic (exact) mass is 347 g/mol. The summed E-state index contributed by atoms with van der Waals surface area (Å²) in [6.45, 7) is 11.8. The second-order valence-corrected chi connectivity index (χ2v) is 7.25. The van der Waals surface area contributed by atoms with Gasteiger partial charge in [0.25, 0.3) is 0 Å². The van der Waals surface area contributed by atoms with Crippen LogP contribution in [0.4, 0.5) is 0 Å². The largest absolute Gasteiger partial charge is 0.342 e. The third-order valence-electron chi connectivity index (χ3n) is 5.59. The van der Waals surface area contributed by atoms with Crippen molar-refractivity contribution in [3.8, 4) is 0 Å². The van der Waals surface area contributed by atoms with E-state index in [9.17, 15) is 9.59 Å².